The van der Waals surface area contributed by atoms with Gasteiger partial charge in [-0.2, -0.15) is 4.31 Å². The molecule has 1 aliphatic heterocycles. The molecule has 2 heterocycles. The van der Waals surface area contributed by atoms with E-state index in [1.54, 1.807) is 24.3 Å². The Morgan fingerprint density at radius 1 is 1.00 bits per heavy atom. The molecule has 0 radical (unpaired) electrons. The van der Waals surface area contributed by atoms with Gasteiger partial charge in [0.2, 0.25) is 10.0 Å². The van der Waals surface area contributed by atoms with Crippen LogP contribution in [0.4, 0.5) is 5.82 Å². The number of benzene rings is 2. The van der Waals surface area contributed by atoms with E-state index >= 15 is 0 Å². The number of nitrogens with zero attached hydrogens (tertiary/aromatic N) is 5. The van der Waals surface area contributed by atoms with Crippen LogP contribution in [0.5, 0.6) is 0 Å². The molecular weight excluding hydrogens is 472 g/mol. The van der Waals surface area contributed by atoms with Crippen LogP contribution in [0.1, 0.15) is 12.2 Å². The van der Waals surface area contributed by atoms with Crippen LogP contribution in [0.2, 0.25) is 5.02 Å². The second-order valence-electron chi connectivity index (χ2n) is 8.72. The number of rotatable bonds is 9. The van der Waals surface area contributed by atoms with Crippen molar-refractivity contribution in [2.75, 3.05) is 58.7 Å². The van der Waals surface area contributed by atoms with Gasteiger partial charge < -0.3 is 10.2 Å². The fourth-order valence-electron chi connectivity index (χ4n) is 4.02. The first kappa shape index (κ1) is 24.8. The number of sulfonamides is 1. The Kier molecular flexibility index (Phi) is 8.00. The third-order valence-corrected chi connectivity index (χ3v) is 8.04. The number of hydrogen-bond acceptors (Lipinski definition) is 7. The number of fused-ring (bicyclic) bond motifs is 1. The summed E-state index contributed by atoms with van der Waals surface area (Å²) in [7, 11) is 0.610. The monoisotopic (exact) mass is 502 g/mol. The zero-order chi connectivity index (χ0) is 24.1. The van der Waals surface area contributed by atoms with Crippen molar-refractivity contribution in [1.29, 1.82) is 0 Å². The summed E-state index contributed by atoms with van der Waals surface area (Å²) in [5.74, 6) is 1.59. The number of aromatic nitrogens is 2. The van der Waals surface area contributed by atoms with Crippen molar-refractivity contribution in [2.45, 2.75) is 17.9 Å². The van der Waals surface area contributed by atoms with Crippen LogP contribution in [-0.2, 0) is 16.6 Å². The molecule has 2 aromatic carbocycles. The molecule has 4 rings (SSSR count). The first-order valence-electron chi connectivity index (χ1n) is 11.5. The van der Waals surface area contributed by atoms with Gasteiger partial charge in [0.15, 0.2) is 0 Å². The Labute approximate surface area is 206 Å². The van der Waals surface area contributed by atoms with Crippen LogP contribution in [0, 0.1) is 0 Å². The van der Waals surface area contributed by atoms with Crippen molar-refractivity contribution in [1.82, 2.24) is 24.1 Å². The Balaban J connectivity index is 1.41. The average Bonchev–Trinajstić information content (AvgIpc) is 2.82. The SMILES string of the molecule is CN(C)CCCNc1nc(CN2CCN(S(=O)(=O)c3ccc(Cl)cc3)CC2)nc2ccccc12. The molecule has 8 nitrogen and oxygen atoms in total. The average molecular weight is 503 g/mol. The normalized spacial score (nSPS) is 15.8. The molecule has 1 aliphatic rings. The topological polar surface area (TPSA) is 81.7 Å². The second kappa shape index (κ2) is 11.0. The minimum atomic E-state index is -3.53. The maximum absolute atomic E-state index is 13.0. The molecule has 0 unspecified atom stereocenters. The molecule has 0 atom stereocenters. The molecule has 34 heavy (non-hydrogen) atoms. The summed E-state index contributed by atoms with van der Waals surface area (Å²) in [6, 6.07) is 14.3. The highest BCUT2D eigenvalue weighted by molar-refractivity contribution is 7.89. The summed E-state index contributed by atoms with van der Waals surface area (Å²) < 4.78 is 27.4. The molecule has 182 valence electrons. The van der Waals surface area contributed by atoms with Gasteiger partial charge in [-0.05, 0) is 63.5 Å². The van der Waals surface area contributed by atoms with E-state index in [-0.39, 0.29) is 4.90 Å². The van der Waals surface area contributed by atoms with Gasteiger partial charge in [-0.3, -0.25) is 4.90 Å². The minimum absolute atomic E-state index is 0.271. The van der Waals surface area contributed by atoms with Crippen LogP contribution in [0.25, 0.3) is 10.9 Å². The quantitative estimate of drug-likeness (QED) is 0.450. The van der Waals surface area contributed by atoms with E-state index < -0.39 is 10.0 Å². The molecule has 1 aromatic heterocycles. The smallest absolute Gasteiger partial charge is 0.243 e. The van der Waals surface area contributed by atoms with Crippen molar-refractivity contribution in [3.63, 3.8) is 0 Å². The first-order valence-corrected chi connectivity index (χ1v) is 13.3. The predicted molar refractivity (Wildman–Crippen MR) is 137 cm³/mol. The molecule has 0 aliphatic carbocycles. The van der Waals surface area contributed by atoms with Gasteiger partial charge in [0, 0.05) is 43.1 Å². The van der Waals surface area contributed by atoms with Gasteiger partial charge in [0.25, 0.3) is 0 Å². The molecule has 0 spiro atoms. The van der Waals surface area contributed by atoms with Crippen molar-refractivity contribution in [3.8, 4) is 0 Å². The lowest BCUT2D eigenvalue weighted by Crippen LogP contribution is -2.48. The van der Waals surface area contributed by atoms with Crippen LogP contribution in [0.3, 0.4) is 0 Å². The summed E-state index contributed by atoms with van der Waals surface area (Å²) in [5.41, 5.74) is 0.909. The molecule has 1 saturated heterocycles. The highest BCUT2D eigenvalue weighted by atomic mass is 35.5. The van der Waals surface area contributed by atoms with E-state index in [0.29, 0.717) is 37.7 Å². The summed E-state index contributed by atoms with van der Waals surface area (Å²) in [6.07, 6.45) is 1.02. The molecule has 0 amide bonds. The van der Waals surface area contributed by atoms with E-state index in [1.807, 2.05) is 24.3 Å². The van der Waals surface area contributed by atoms with E-state index in [1.165, 1.54) is 4.31 Å². The molecule has 3 aromatic rings. The fraction of sp³-hybridized carbons (Fsp3) is 0.417. The molecule has 0 saturated carbocycles. The molecule has 10 heteroatoms. The zero-order valence-corrected chi connectivity index (χ0v) is 21.2. The summed E-state index contributed by atoms with van der Waals surface area (Å²) in [4.78, 5) is 14.2. The Bertz CT molecular complexity index is 1210. The Morgan fingerprint density at radius 2 is 1.71 bits per heavy atom. The van der Waals surface area contributed by atoms with Gasteiger partial charge in [-0.15, -0.1) is 0 Å². The van der Waals surface area contributed by atoms with E-state index in [0.717, 1.165) is 42.1 Å². The van der Waals surface area contributed by atoms with Crippen LogP contribution >= 0.6 is 11.6 Å². The number of piperazine rings is 1. The van der Waals surface area contributed by atoms with Crippen molar-refractivity contribution in [2.24, 2.45) is 0 Å². The maximum atomic E-state index is 13.0. The van der Waals surface area contributed by atoms with Gasteiger partial charge in [0.1, 0.15) is 11.6 Å². The summed E-state index contributed by atoms with van der Waals surface area (Å²) in [6.45, 7) is 4.50. The van der Waals surface area contributed by atoms with E-state index in [4.69, 9.17) is 21.6 Å². The van der Waals surface area contributed by atoms with E-state index in [9.17, 15) is 8.42 Å². The molecule has 1 N–H and O–H groups in total. The van der Waals surface area contributed by atoms with Gasteiger partial charge in [-0.25, -0.2) is 18.4 Å². The van der Waals surface area contributed by atoms with Crippen molar-refractivity contribution >= 4 is 38.3 Å². The number of anilines is 1. The Morgan fingerprint density at radius 3 is 2.41 bits per heavy atom. The third kappa shape index (κ3) is 6.03. The number of nitrogens with one attached hydrogen (secondary N) is 1. The van der Waals surface area contributed by atoms with E-state index in [2.05, 4.69) is 29.2 Å². The molecular formula is C24H31ClN6O2S. The van der Waals surface area contributed by atoms with Gasteiger partial charge in [0.05, 0.1) is 17.0 Å². The first-order chi connectivity index (χ1) is 16.3. The zero-order valence-electron chi connectivity index (χ0n) is 19.6. The fourth-order valence-corrected chi connectivity index (χ4v) is 5.56. The van der Waals surface area contributed by atoms with Crippen molar-refractivity contribution < 1.29 is 8.42 Å². The van der Waals surface area contributed by atoms with Crippen molar-refractivity contribution in [3.05, 3.63) is 59.4 Å². The Hall–Kier alpha value is -2.30. The molecule has 0 bridgehead atoms. The predicted octanol–water partition coefficient (Wildman–Crippen LogP) is 3.15. The van der Waals surface area contributed by atoms with Crippen LogP contribution < -0.4 is 5.32 Å². The largest absolute Gasteiger partial charge is 0.369 e. The maximum Gasteiger partial charge on any atom is 0.243 e. The highest BCUT2D eigenvalue weighted by Gasteiger charge is 2.28. The molecule has 1 fully saturated rings. The lowest BCUT2D eigenvalue weighted by Gasteiger charge is -2.33. The summed E-state index contributed by atoms with van der Waals surface area (Å²) in [5, 5.41) is 5.00. The standard InChI is InChI=1S/C24H31ClN6O2S/c1-29(2)13-5-12-26-24-21-6-3-4-7-22(21)27-23(28-24)18-30-14-16-31(17-15-30)34(32,33)20-10-8-19(25)9-11-20/h3-4,6-11H,5,12-18H2,1-2H3,(H,26,27,28). The third-order valence-electron chi connectivity index (χ3n) is 5.87. The number of hydrogen-bond donors (Lipinski definition) is 1. The second-order valence-corrected chi connectivity index (χ2v) is 11.1. The lowest BCUT2D eigenvalue weighted by molar-refractivity contribution is 0.178. The van der Waals surface area contributed by atoms with Crippen LogP contribution in [-0.4, -0.2) is 85.9 Å². The number of para-hydroxylation sites is 1. The summed E-state index contributed by atoms with van der Waals surface area (Å²) >= 11 is 5.91. The lowest BCUT2D eigenvalue weighted by atomic mass is 10.2. The minimum Gasteiger partial charge on any atom is -0.369 e. The van der Waals surface area contributed by atoms with Crippen LogP contribution in [0.15, 0.2) is 53.4 Å². The highest BCUT2D eigenvalue weighted by Crippen LogP contribution is 2.22. The number of halogens is 1. The van der Waals surface area contributed by atoms with Gasteiger partial charge in [-0.1, -0.05) is 23.7 Å². The van der Waals surface area contributed by atoms with Gasteiger partial charge >= 0.3 is 0 Å².